The topological polar surface area (TPSA) is 21.3 Å². The zero-order valence-electron chi connectivity index (χ0n) is 32.3. The fraction of sp³-hybridized carbons (Fsp3) is 0.0545. The van der Waals surface area contributed by atoms with Gasteiger partial charge in [-0.15, -0.1) is 0 Å². The molecule has 0 bridgehead atoms. The van der Waals surface area contributed by atoms with E-state index in [1.807, 2.05) is 0 Å². The molecule has 3 nitrogen and oxygen atoms in total. The Kier molecular flexibility index (Phi) is 6.98. The zero-order chi connectivity index (χ0) is 38.5. The lowest BCUT2D eigenvalue weighted by Crippen LogP contribution is -2.16. The SMILES string of the molecule is CC1(C)c2ccccc2-c2c(N(c3ccc4c5ccccc5n(-c5ccccc5)c4c3)c3ccc(-c4cccc5ccccc45)c4oc5ccccc5c34)cccc21. The average Bonchev–Trinajstić information content (AvgIpc) is 3.90. The molecule has 0 unspecified atom stereocenters. The first-order valence-electron chi connectivity index (χ1n) is 20.1. The standard InChI is InChI=1S/C55H38N2O/c1-55(2)45-25-11-8-22-43(45)52-46(55)26-15-28-48(52)57(37-30-31-41-40-21-9-12-27-47(40)56(50(41)34-37)36-18-4-3-5-19-36)49-33-32-42(39-24-14-17-35-16-6-7-20-38(35)39)54-53(49)44-23-10-13-29-51(44)58-54/h3-34H,1-2H3. The van der Waals surface area contributed by atoms with Crippen molar-refractivity contribution in [2.45, 2.75) is 19.3 Å². The van der Waals surface area contributed by atoms with Crippen molar-refractivity contribution in [1.82, 2.24) is 4.57 Å². The Balaban J connectivity index is 1.21. The minimum Gasteiger partial charge on any atom is -0.455 e. The van der Waals surface area contributed by atoms with E-state index < -0.39 is 0 Å². The van der Waals surface area contributed by atoms with E-state index in [0.29, 0.717) is 0 Å². The molecule has 0 fully saturated rings. The molecule has 274 valence electrons. The van der Waals surface area contributed by atoms with Crippen LogP contribution in [0.4, 0.5) is 17.1 Å². The molecule has 0 saturated carbocycles. The summed E-state index contributed by atoms with van der Waals surface area (Å²) in [6, 6.07) is 70.6. The van der Waals surface area contributed by atoms with Crippen LogP contribution in [0.15, 0.2) is 199 Å². The van der Waals surface area contributed by atoms with Gasteiger partial charge in [0.15, 0.2) is 0 Å². The molecule has 2 heterocycles. The average molecular weight is 743 g/mol. The van der Waals surface area contributed by atoms with Crippen LogP contribution in [0.5, 0.6) is 0 Å². The predicted octanol–water partition coefficient (Wildman–Crippen LogP) is 15.3. The molecule has 0 amide bonds. The number of fused-ring (bicyclic) bond motifs is 10. The minimum absolute atomic E-state index is 0.160. The molecule has 1 aliphatic carbocycles. The monoisotopic (exact) mass is 742 g/mol. The van der Waals surface area contributed by atoms with Crippen LogP contribution in [-0.2, 0) is 5.41 Å². The highest BCUT2D eigenvalue weighted by Crippen LogP contribution is 2.56. The van der Waals surface area contributed by atoms with Gasteiger partial charge in [-0.2, -0.15) is 0 Å². The Bertz CT molecular complexity index is 3430. The normalized spacial score (nSPS) is 13.1. The lowest BCUT2D eigenvalue weighted by molar-refractivity contribution is 0.660. The van der Waals surface area contributed by atoms with Gasteiger partial charge in [-0.25, -0.2) is 0 Å². The largest absolute Gasteiger partial charge is 0.455 e. The second-order valence-corrected chi connectivity index (χ2v) is 16.1. The van der Waals surface area contributed by atoms with Gasteiger partial charge in [0.05, 0.1) is 27.8 Å². The minimum atomic E-state index is -0.160. The van der Waals surface area contributed by atoms with E-state index in [1.165, 1.54) is 49.3 Å². The molecule has 0 N–H and O–H groups in total. The number of anilines is 3. The first-order chi connectivity index (χ1) is 28.6. The van der Waals surface area contributed by atoms with Crippen molar-refractivity contribution in [3.63, 3.8) is 0 Å². The van der Waals surface area contributed by atoms with Crippen molar-refractivity contribution in [2.24, 2.45) is 0 Å². The summed E-state index contributed by atoms with van der Waals surface area (Å²) >= 11 is 0. The Morgan fingerprint density at radius 2 is 1.14 bits per heavy atom. The predicted molar refractivity (Wildman–Crippen MR) is 243 cm³/mol. The smallest absolute Gasteiger partial charge is 0.145 e. The van der Waals surface area contributed by atoms with Gasteiger partial charge < -0.3 is 13.9 Å². The van der Waals surface area contributed by atoms with Crippen LogP contribution >= 0.6 is 0 Å². The number of para-hydroxylation sites is 3. The van der Waals surface area contributed by atoms with Crippen LogP contribution in [0, 0.1) is 0 Å². The van der Waals surface area contributed by atoms with Gasteiger partial charge in [0.1, 0.15) is 11.2 Å². The molecule has 9 aromatic carbocycles. The van der Waals surface area contributed by atoms with E-state index in [-0.39, 0.29) is 5.41 Å². The van der Waals surface area contributed by atoms with Gasteiger partial charge in [0.25, 0.3) is 0 Å². The Labute approximate surface area is 336 Å². The van der Waals surface area contributed by atoms with Crippen LogP contribution in [0.2, 0.25) is 0 Å². The second-order valence-electron chi connectivity index (χ2n) is 16.1. The van der Waals surface area contributed by atoms with Crippen LogP contribution in [0.25, 0.3) is 82.5 Å². The summed E-state index contributed by atoms with van der Waals surface area (Å²) in [5.74, 6) is 0. The van der Waals surface area contributed by atoms with Crippen LogP contribution < -0.4 is 4.90 Å². The number of hydrogen-bond acceptors (Lipinski definition) is 2. The van der Waals surface area contributed by atoms with Gasteiger partial charge in [0.2, 0.25) is 0 Å². The first-order valence-corrected chi connectivity index (χ1v) is 20.1. The van der Waals surface area contributed by atoms with E-state index in [2.05, 4.69) is 217 Å². The van der Waals surface area contributed by atoms with Crippen molar-refractivity contribution in [3.05, 3.63) is 205 Å². The zero-order valence-corrected chi connectivity index (χ0v) is 32.3. The maximum Gasteiger partial charge on any atom is 0.145 e. The molecule has 3 heteroatoms. The molecule has 0 atom stereocenters. The highest BCUT2D eigenvalue weighted by molar-refractivity contribution is 6.19. The molecule has 12 rings (SSSR count). The van der Waals surface area contributed by atoms with E-state index in [9.17, 15) is 0 Å². The van der Waals surface area contributed by atoms with Gasteiger partial charge in [-0.3, -0.25) is 0 Å². The van der Waals surface area contributed by atoms with Gasteiger partial charge in [-0.1, -0.05) is 153 Å². The third kappa shape index (κ3) is 4.62. The maximum atomic E-state index is 6.99. The summed E-state index contributed by atoms with van der Waals surface area (Å²) in [7, 11) is 0. The summed E-state index contributed by atoms with van der Waals surface area (Å²) in [5.41, 5.74) is 15.8. The molecule has 0 aliphatic heterocycles. The van der Waals surface area contributed by atoms with Gasteiger partial charge in [0, 0.05) is 44.1 Å². The lowest BCUT2D eigenvalue weighted by atomic mass is 9.82. The van der Waals surface area contributed by atoms with Crippen molar-refractivity contribution in [3.8, 4) is 27.9 Å². The maximum absolute atomic E-state index is 6.99. The number of rotatable bonds is 5. The van der Waals surface area contributed by atoms with Crippen LogP contribution in [-0.4, -0.2) is 4.57 Å². The molecule has 0 spiro atoms. The number of hydrogen-bond donors (Lipinski definition) is 0. The lowest BCUT2D eigenvalue weighted by Gasteiger charge is -2.30. The fourth-order valence-corrected chi connectivity index (χ4v) is 9.95. The second kappa shape index (κ2) is 12.3. The number of nitrogens with zero attached hydrogens (tertiary/aromatic N) is 2. The van der Waals surface area contributed by atoms with Gasteiger partial charge >= 0.3 is 0 Å². The number of benzene rings is 9. The van der Waals surface area contributed by atoms with Crippen LogP contribution in [0.1, 0.15) is 25.0 Å². The van der Waals surface area contributed by atoms with E-state index in [1.54, 1.807) is 0 Å². The van der Waals surface area contributed by atoms with Crippen molar-refractivity contribution in [2.75, 3.05) is 4.90 Å². The van der Waals surface area contributed by atoms with E-state index >= 15 is 0 Å². The van der Waals surface area contributed by atoms with Gasteiger partial charge in [-0.05, 0) is 87.6 Å². The fourth-order valence-electron chi connectivity index (χ4n) is 9.95. The van der Waals surface area contributed by atoms with Crippen molar-refractivity contribution >= 4 is 71.6 Å². The highest BCUT2D eigenvalue weighted by Gasteiger charge is 2.38. The Hall–Kier alpha value is -7.36. The molecule has 1 aliphatic rings. The first kappa shape index (κ1) is 32.8. The number of aromatic nitrogens is 1. The van der Waals surface area contributed by atoms with Crippen molar-refractivity contribution in [1.29, 1.82) is 0 Å². The molecule has 0 radical (unpaired) electrons. The number of furan rings is 1. The summed E-state index contributed by atoms with van der Waals surface area (Å²) in [6.07, 6.45) is 0. The van der Waals surface area contributed by atoms with E-state index in [4.69, 9.17) is 4.42 Å². The Morgan fingerprint density at radius 3 is 2.03 bits per heavy atom. The molecule has 11 aromatic rings. The van der Waals surface area contributed by atoms with E-state index in [0.717, 1.165) is 61.3 Å². The molecular weight excluding hydrogens is 705 g/mol. The molecule has 58 heavy (non-hydrogen) atoms. The Morgan fingerprint density at radius 1 is 0.466 bits per heavy atom. The summed E-state index contributed by atoms with van der Waals surface area (Å²) < 4.78 is 9.40. The summed E-state index contributed by atoms with van der Waals surface area (Å²) in [4.78, 5) is 2.50. The molecular formula is C55H38N2O. The molecule has 0 saturated heterocycles. The van der Waals surface area contributed by atoms with Crippen molar-refractivity contribution < 1.29 is 4.42 Å². The molecule has 2 aromatic heterocycles. The third-order valence-corrected chi connectivity index (χ3v) is 12.6. The highest BCUT2D eigenvalue weighted by atomic mass is 16.3. The third-order valence-electron chi connectivity index (χ3n) is 12.6. The summed E-state index contributed by atoms with van der Waals surface area (Å²) in [5, 5.41) is 7.05. The summed E-state index contributed by atoms with van der Waals surface area (Å²) in [6.45, 7) is 4.72. The van der Waals surface area contributed by atoms with Crippen LogP contribution in [0.3, 0.4) is 0 Å². The quantitative estimate of drug-likeness (QED) is 0.175.